The van der Waals surface area contributed by atoms with E-state index in [-0.39, 0.29) is 69.1 Å². The van der Waals surface area contributed by atoms with Crippen molar-refractivity contribution in [3.05, 3.63) is 50.2 Å². The summed E-state index contributed by atoms with van der Waals surface area (Å²) in [5, 5.41) is 35.9. The number of benzene rings is 1. The van der Waals surface area contributed by atoms with Gasteiger partial charge in [-0.3, -0.25) is 9.59 Å². The molecule has 17 nitrogen and oxygen atoms in total. The summed E-state index contributed by atoms with van der Waals surface area (Å²) in [5.74, 6) is -4.01. The fourth-order valence-electron chi connectivity index (χ4n) is 1.54. The largest absolute Gasteiger partial charge is 2.00 e. The molecule has 0 fully saturated rings. The Hall–Kier alpha value is -3.38. The molecule has 0 amide bonds. The Morgan fingerprint density at radius 1 is 0.900 bits per heavy atom. The average molecular weight is 495 g/mol. The van der Waals surface area contributed by atoms with Crippen LogP contribution in [0.1, 0.15) is 20.7 Å². The van der Waals surface area contributed by atoms with Gasteiger partial charge < -0.3 is 58.1 Å². The van der Waals surface area contributed by atoms with Crippen molar-refractivity contribution in [3.8, 4) is 5.88 Å². The molecule has 0 aliphatic heterocycles. The van der Waals surface area contributed by atoms with Crippen LogP contribution in [0.2, 0.25) is 0 Å². The molecule has 0 unspecified atom stereocenters. The van der Waals surface area contributed by atoms with Gasteiger partial charge in [0.15, 0.2) is 11.2 Å². The van der Waals surface area contributed by atoms with Crippen LogP contribution in [-0.4, -0.2) is 43.6 Å². The van der Waals surface area contributed by atoms with Crippen LogP contribution in [0.4, 0.5) is 11.4 Å². The van der Waals surface area contributed by atoms with Crippen molar-refractivity contribution in [3.63, 3.8) is 0 Å². The maximum atomic E-state index is 11.4. The minimum atomic E-state index is -1.40. The number of H-pyrrole nitrogens is 1. The molecule has 18 N–H and O–H groups in total. The van der Waals surface area contributed by atoms with E-state index in [1.807, 2.05) is 0 Å². The van der Waals surface area contributed by atoms with Gasteiger partial charge in [-0.05, 0) is 18.2 Å². The van der Waals surface area contributed by atoms with Crippen LogP contribution in [0.5, 0.6) is 5.88 Å². The summed E-state index contributed by atoms with van der Waals surface area (Å²) < 4.78 is 0. The van der Waals surface area contributed by atoms with Crippen LogP contribution in [0.3, 0.4) is 0 Å². The summed E-state index contributed by atoms with van der Waals surface area (Å²) in [6.07, 6.45) is 0. The number of nitrogens with one attached hydrogen (secondary N) is 1. The standard InChI is InChI=1S/C12H8N4O7.6H2O.Zn/c17-8-7(9(18)14-12(23)13-8)16-15-6-2-4(10(19)20)1-5(3-6)11(21)22;;;;;;;/h1-3H,(H5,13,14,15,17,18,19,20,21,22,23);6*1H2;/q;;;;;;;+2/p+1. The predicted octanol–water partition coefficient (Wildman–Crippen LogP) is -5.66. The van der Waals surface area contributed by atoms with Gasteiger partial charge in [0.2, 0.25) is 0 Å². The average Bonchev–Trinajstić information content (AvgIpc) is 2.45. The number of carbonyl (C=O) groups is 2. The second kappa shape index (κ2) is 16.6. The van der Waals surface area contributed by atoms with Gasteiger partial charge in [-0.2, -0.15) is 5.11 Å². The molecule has 166 valence electrons. The van der Waals surface area contributed by atoms with E-state index in [4.69, 9.17) is 10.2 Å². The van der Waals surface area contributed by atoms with E-state index in [0.717, 1.165) is 18.2 Å². The van der Waals surface area contributed by atoms with Crippen LogP contribution in [0, 0.1) is 0 Å². The zero-order valence-electron chi connectivity index (χ0n) is 14.9. The maximum Gasteiger partial charge on any atom is 2.00 e. The summed E-state index contributed by atoms with van der Waals surface area (Å²) in [6, 6.07) is 2.89. The summed E-state index contributed by atoms with van der Waals surface area (Å²) in [6.45, 7) is 0. The first-order valence-electron chi connectivity index (χ1n) is 5.79. The fraction of sp³-hybridized carbons (Fsp3) is 0. The van der Waals surface area contributed by atoms with E-state index in [2.05, 4.69) is 15.2 Å². The van der Waals surface area contributed by atoms with E-state index in [1.165, 1.54) is 0 Å². The zero-order chi connectivity index (χ0) is 17.1. The summed E-state index contributed by atoms with van der Waals surface area (Å²) in [7, 11) is 0. The molecule has 0 saturated carbocycles. The van der Waals surface area contributed by atoms with E-state index in [0.29, 0.717) is 0 Å². The number of rotatable bonds is 4. The third kappa shape index (κ3) is 9.71. The first-order valence-corrected chi connectivity index (χ1v) is 5.79. The maximum absolute atomic E-state index is 11.4. The first-order chi connectivity index (χ1) is 10.8. The smallest absolute Gasteiger partial charge is 0.874 e. The Labute approximate surface area is 177 Å². The fourth-order valence-corrected chi connectivity index (χ4v) is 1.54. The second-order valence-electron chi connectivity index (χ2n) is 4.10. The quantitative estimate of drug-likeness (QED) is 0.208. The molecule has 1 heterocycles. The number of carboxylic acid groups (broad SMARTS) is 2. The molecule has 1 aromatic heterocycles. The Balaban J connectivity index is -0.000000206. The molecule has 0 bridgehead atoms. The van der Waals surface area contributed by atoms with Crippen LogP contribution in [0.15, 0.2) is 38.0 Å². The predicted molar refractivity (Wildman–Crippen MR) is 96.1 cm³/mol. The summed E-state index contributed by atoms with van der Waals surface area (Å²) >= 11 is 0. The van der Waals surface area contributed by atoms with Gasteiger partial charge in [-0.25, -0.2) is 9.59 Å². The SMILES string of the molecule is O.O.O.O=C(O)c1cc(N=Nc2c([O-])[n-]c(=O)[nH]c2=O)cc(C(=O)O)c1.[OH3+].[OH3+].[OH3+].[Zn+2]. The number of aromatic carboxylic acids is 2. The number of hydrogen-bond acceptors (Lipinski definition) is 7. The molecule has 1 aromatic carbocycles. The Morgan fingerprint density at radius 2 is 1.33 bits per heavy atom. The molecule has 0 radical (unpaired) electrons. The third-order valence-corrected chi connectivity index (χ3v) is 2.52. The molecule has 0 saturated heterocycles. The van der Waals surface area contributed by atoms with Crippen LogP contribution < -0.4 is 21.3 Å². The Kier molecular flexibility index (Phi) is 22.7. The van der Waals surface area contributed by atoms with E-state index < -0.39 is 34.8 Å². The number of carboxylic acids is 2. The normalized spacial score (nSPS) is 8.27. The second-order valence-corrected chi connectivity index (χ2v) is 4.10. The van der Waals surface area contributed by atoms with Gasteiger partial charge in [0, 0.05) is 0 Å². The van der Waals surface area contributed by atoms with Gasteiger partial charge in [0.05, 0.1) is 16.8 Å². The van der Waals surface area contributed by atoms with Crippen molar-refractivity contribution in [2.45, 2.75) is 0 Å². The van der Waals surface area contributed by atoms with Crippen molar-refractivity contribution in [2.75, 3.05) is 0 Å². The molecule has 2 aromatic rings. The van der Waals surface area contributed by atoms with Gasteiger partial charge in [0.1, 0.15) is 5.69 Å². The van der Waals surface area contributed by atoms with Crippen LogP contribution in [0.25, 0.3) is 0 Å². The van der Waals surface area contributed by atoms with E-state index in [1.54, 1.807) is 4.98 Å². The minimum absolute atomic E-state index is 0. The first kappa shape index (κ1) is 41.1. The van der Waals surface area contributed by atoms with Gasteiger partial charge in [-0.15, -0.1) is 5.11 Å². The molecule has 2 rings (SSSR count). The Morgan fingerprint density at radius 3 is 1.70 bits per heavy atom. The van der Waals surface area contributed by atoms with E-state index >= 15 is 0 Å². The Bertz CT molecular complexity index is 924. The number of aromatic amines is 1. The van der Waals surface area contributed by atoms with Gasteiger partial charge in [0.25, 0.3) is 0 Å². The van der Waals surface area contributed by atoms with Gasteiger partial charge >= 0.3 is 31.4 Å². The number of azo groups is 1. The monoisotopic (exact) mass is 493 g/mol. The van der Waals surface area contributed by atoms with Crippen molar-refractivity contribution < 1.29 is 77.2 Å². The van der Waals surface area contributed by atoms with Crippen molar-refractivity contribution in [2.24, 2.45) is 10.2 Å². The van der Waals surface area contributed by atoms with Crippen molar-refractivity contribution in [1.82, 2.24) is 9.97 Å². The molecule has 0 spiro atoms. The molecule has 30 heavy (non-hydrogen) atoms. The number of hydrogen-bond donors (Lipinski definition) is 3. The van der Waals surface area contributed by atoms with Crippen molar-refractivity contribution in [1.29, 1.82) is 0 Å². The molecule has 18 heteroatoms. The molecule has 0 atom stereocenters. The molecular formula is C12H21N4O13Zn+3. The molecule has 0 aliphatic rings. The topological polar surface area (TPSA) is 380 Å². The van der Waals surface area contributed by atoms with Gasteiger partial charge in [-0.1, -0.05) is 5.88 Å². The molecule has 0 aliphatic carbocycles. The third-order valence-electron chi connectivity index (χ3n) is 2.52. The van der Waals surface area contributed by atoms with Crippen molar-refractivity contribution >= 4 is 23.3 Å². The van der Waals surface area contributed by atoms with Crippen LogP contribution in [-0.2, 0) is 35.9 Å². The summed E-state index contributed by atoms with van der Waals surface area (Å²) in [5.41, 5.74) is -4.01. The summed E-state index contributed by atoms with van der Waals surface area (Å²) in [4.78, 5) is 48.7. The van der Waals surface area contributed by atoms with Crippen LogP contribution >= 0.6 is 0 Å². The number of aromatic nitrogens is 2. The zero-order valence-corrected chi connectivity index (χ0v) is 17.9. The van der Waals surface area contributed by atoms with E-state index in [9.17, 15) is 24.3 Å². The number of nitrogens with zero attached hydrogens (tertiary/aromatic N) is 3. The minimum Gasteiger partial charge on any atom is -0.874 e. The molecular weight excluding hydrogens is 474 g/mol.